The van der Waals surface area contributed by atoms with Gasteiger partial charge in [-0.25, -0.2) is 41.3 Å². The number of alkyl halides is 2. The number of ether oxygens (including phenoxy) is 1. The molecule has 3 N–H and O–H groups in total. The summed E-state index contributed by atoms with van der Waals surface area (Å²) in [4.78, 5) is 25.7. The third kappa shape index (κ3) is 8.91. The number of carbonyl (C=O) groups excluding carboxylic acids is 1. The number of anilines is 2. The number of fused-ring (bicyclic) bond motifs is 1. The monoisotopic (exact) mass is 622 g/mol. The molecular weight excluding hydrogens is 585 g/mol. The molecule has 1 amide bonds. The van der Waals surface area contributed by atoms with Crippen LogP contribution in [-0.4, -0.2) is 58.8 Å². The van der Waals surface area contributed by atoms with E-state index in [0.717, 1.165) is 37.3 Å². The van der Waals surface area contributed by atoms with Gasteiger partial charge in [0.1, 0.15) is 22.7 Å². The number of amides is 1. The van der Waals surface area contributed by atoms with E-state index < -0.39 is 51.3 Å². The maximum absolute atomic E-state index is 14.8. The van der Waals surface area contributed by atoms with Gasteiger partial charge in [-0.3, -0.25) is 4.72 Å². The van der Waals surface area contributed by atoms with E-state index in [4.69, 9.17) is 4.74 Å². The van der Waals surface area contributed by atoms with Crippen LogP contribution >= 0.6 is 0 Å². The maximum atomic E-state index is 14.8. The van der Waals surface area contributed by atoms with Crippen LogP contribution in [0.15, 0.2) is 30.5 Å². The zero-order chi connectivity index (χ0) is 31.6. The summed E-state index contributed by atoms with van der Waals surface area (Å²) in [5.41, 5.74) is 1.66. The standard InChI is InChI=1S/C29H37F3N6O4S/c1-6-29(31,32)16-43(40,41)38-22-12-7-18(14-21(22)30)23-13-17(2)25-24(36-23)15-33-26(37-25)34-19-8-10-20(11-9-19)35-27(39)42-28(3,4)5/h7,12-15,19-20,38H,6,8-11,16H2,1-5H3,(H,35,39)(H,33,34,37). The Labute approximate surface area is 249 Å². The molecule has 0 saturated heterocycles. The fraction of sp³-hybridized carbons (Fsp3) is 0.517. The predicted molar refractivity (Wildman–Crippen MR) is 159 cm³/mol. The van der Waals surface area contributed by atoms with Gasteiger partial charge < -0.3 is 15.4 Å². The van der Waals surface area contributed by atoms with E-state index >= 15 is 0 Å². The molecule has 234 valence electrons. The van der Waals surface area contributed by atoms with Gasteiger partial charge in [-0.05, 0) is 77.1 Å². The van der Waals surface area contributed by atoms with Crippen LogP contribution in [0.5, 0.6) is 0 Å². The first-order valence-corrected chi connectivity index (χ1v) is 15.8. The van der Waals surface area contributed by atoms with E-state index in [-0.39, 0.29) is 12.1 Å². The van der Waals surface area contributed by atoms with Crippen molar-refractivity contribution in [3.63, 3.8) is 0 Å². The number of rotatable bonds is 9. The summed E-state index contributed by atoms with van der Waals surface area (Å²) in [5, 5.41) is 6.29. The molecule has 1 saturated carbocycles. The van der Waals surface area contributed by atoms with Crippen molar-refractivity contribution in [2.45, 2.75) is 90.3 Å². The number of aromatic nitrogens is 3. The number of pyridine rings is 1. The van der Waals surface area contributed by atoms with Gasteiger partial charge in [0, 0.05) is 24.1 Å². The molecule has 1 aliphatic carbocycles. The van der Waals surface area contributed by atoms with Crippen molar-refractivity contribution < 1.29 is 31.1 Å². The van der Waals surface area contributed by atoms with Crippen molar-refractivity contribution in [2.24, 2.45) is 0 Å². The third-order valence-electron chi connectivity index (χ3n) is 6.97. The smallest absolute Gasteiger partial charge is 0.407 e. The highest BCUT2D eigenvalue weighted by molar-refractivity contribution is 7.92. The zero-order valence-corrected chi connectivity index (χ0v) is 25.6. The number of carbonyl (C=O) groups is 1. The van der Waals surface area contributed by atoms with Crippen molar-refractivity contribution in [1.82, 2.24) is 20.3 Å². The Morgan fingerprint density at radius 2 is 1.74 bits per heavy atom. The van der Waals surface area contributed by atoms with Gasteiger partial charge in [0.05, 0.1) is 23.1 Å². The lowest BCUT2D eigenvalue weighted by atomic mass is 9.91. The second kappa shape index (κ2) is 12.5. The van der Waals surface area contributed by atoms with Gasteiger partial charge in [-0.2, -0.15) is 0 Å². The summed E-state index contributed by atoms with van der Waals surface area (Å²) in [7, 11) is -4.47. The van der Waals surface area contributed by atoms with Gasteiger partial charge in [0.2, 0.25) is 16.0 Å². The Morgan fingerprint density at radius 3 is 2.37 bits per heavy atom. The number of nitrogens with zero attached hydrogens (tertiary/aromatic N) is 3. The number of halogens is 3. The number of alkyl carbamates (subject to hydrolysis) is 1. The van der Waals surface area contributed by atoms with Crippen LogP contribution in [0.3, 0.4) is 0 Å². The average molecular weight is 623 g/mol. The molecule has 0 atom stereocenters. The molecule has 43 heavy (non-hydrogen) atoms. The summed E-state index contributed by atoms with van der Waals surface area (Å²) < 4.78 is 73.5. The molecule has 0 unspecified atom stereocenters. The Kier molecular flexibility index (Phi) is 9.38. The highest BCUT2D eigenvalue weighted by Gasteiger charge is 2.34. The Morgan fingerprint density at radius 1 is 1.07 bits per heavy atom. The van der Waals surface area contributed by atoms with Crippen LogP contribution in [0.4, 0.5) is 29.6 Å². The lowest BCUT2D eigenvalue weighted by molar-refractivity contribution is 0.0219. The van der Waals surface area contributed by atoms with Crippen LogP contribution in [0.25, 0.3) is 22.3 Å². The minimum absolute atomic E-state index is 0.0418. The van der Waals surface area contributed by atoms with E-state index in [9.17, 15) is 26.4 Å². The summed E-state index contributed by atoms with van der Waals surface area (Å²) >= 11 is 0. The fourth-order valence-electron chi connectivity index (χ4n) is 4.78. The molecule has 10 nitrogen and oxygen atoms in total. The van der Waals surface area contributed by atoms with Crippen LogP contribution in [-0.2, 0) is 14.8 Å². The molecule has 2 aromatic heterocycles. The molecule has 0 radical (unpaired) electrons. The molecule has 1 fully saturated rings. The number of sulfonamides is 1. The predicted octanol–water partition coefficient (Wildman–Crippen LogP) is 6.17. The second-order valence-electron chi connectivity index (χ2n) is 11.9. The molecule has 3 aromatic rings. The molecule has 4 rings (SSSR count). The maximum Gasteiger partial charge on any atom is 0.407 e. The van der Waals surface area contributed by atoms with Gasteiger partial charge in [-0.15, -0.1) is 0 Å². The first kappa shape index (κ1) is 32.2. The number of nitrogens with one attached hydrogen (secondary N) is 3. The number of hydrogen-bond acceptors (Lipinski definition) is 8. The molecular formula is C29H37F3N6O4S. The van der Waals surface area contributed by atoms with Crippen molar-refractivity contribution in [3.8, 4) is 11.3 Å². The van der Waals surface area contributed by atoms with Gasteiger partial charge in [0.15, 0.2) is 0 Å². The van der Waals surface area contributed by atoms with Crippen molar-refractivity contribution in [1.29, 1.82) is 0 Å². The number of aryl methyl sites for hydroxylation is 1. The first-order valence-electron chi connectivity index (χ1n) is 14.1. The molecule has 0 bridgehead atoms. The SMILES string of the molecule is CCC(F)(F)CS(=O)(=O)Nc1ccc(-c2cc(C)c3nc(NC4CCC(NC(=O)OC(C)(C)C)CC4)ncc3n2)cc1F. The molecule has 2 heterocycles. The Bertz CT molecular complexity index is 1590. The van der Waals surface area contributed by atoms with Crippen LogP contribution in [0, 0.1) is 12.7 Å². The molecule has 0 aliphatic heterocycles. The van der Waals surface area contributed by atoms with Crippen molar-refractivity contribution in [2.75, 3.05) is 15.8 Å². The lowest BCUT2D eigenvalue weighted by Crippen LogP contribution is -2.42. The minimum atomic E-state index is -4.47. The number of benzene rings is 1. The summed E-state index contributed by atoms with van der Waals surface area (Å²) in [5.74, 6) is -5.34. The zero-order valence-electron chi connectivity index (χ0n) is 24.8. The minimum Gasteiger partial charge on any atom is -0.444 e. The lowest BCUT2D eigenvalue weighted by Gasteiger charge is -2.30. The number of hydrogen-bond donors (Lipinski definition) is 3. The normalized spacial score (nSPS) is 17.9. The highest BCUT2D eigenvalue weighted by atomic mass is 32.2. The highest BCUT2D eigenvalue weighted by Crippen LogP contribution is 2.29. The second-order valence-corrected chi connectivity index (χ2v) is 13.6. The van der Waals surface area contributed by atoms with Gasteiger partial charge in [0.25, 0.3) is 5.92 Å². The molecule has 14 heteroatoms. The average Bonchev–Trinajstić information content (AvgIpc) is 2.89. The van der Waals surface area contributed by atoms with Gasteiger partial charge in [-0.1, -0.05) is 13.0 Å². The van der Waals surface area contributed by atoms with E-state index in [0.29, 0.717) is 28.2 Å². The topological polar surface area (TPSA) is 135 Å². The first-order chi connectivity index (χ1) is 20.0. The van der Waals surface area contributed by atoms with Crippen molar-refractivity contribution >= 4 is 38.8 Å². The van der Waals surface area contributed by atoms with E-state index in [2.05, 4.69) is 25.6 Å². The largest absolute Gasteiger partial charge is 0.444 e. The van der Waals surface area contributed by atoms with E-state index in [1.807, 2.05) is 32.4 Å². The molecule has 1 aliphatic rings. The van der Waals surface area contributed by atoms with Crippen LogP contribution < -0.4 is 15.4 Å². The fourth-order valence-corrected chi connectivity index (χ4v) is 6.11. The van der Waals surface area contributed by atoms with Crippen LogP contribution in [0.2, 0.25) is 0 Å². The summed E-state index contributed by atoms with van der Waals surface area (Å²) in [6.45, 7) is 8.48. The van der Waals surface area contributed by atoms with E-state index in [1.54, 1.807) is 12.3 Å². The van der Waals surface area contributed by atoms with Gasteiger partial charge >= 0.3 is 6.09 Å². The summed E-state index contributed by atoms with van der Waals surface area (Å²) in [6.07, 6.45) is 3.71. The van der Waals surface area contributed by atoms with Crippen molar-refractivity contribution in [3.05, 3.63) is 41.8 Å². The Balaban J connectivity index is 1.41. The molecule has 1 aromatic carbocycles. The van der Waals surface area contributed by atoms with Crippen LogP contribution in [0.1, 0.15) is 65.4 Å². The Hall–Kier alpha value is -3.68. The molecule has 0 spiro atoms. The quantitative estimate of drug-likeness (QED) is 0.258. The van der Waals surface area contributed by atoms with E-state index in [1.165, 1.54) is 19.1 Å². The third-order valence-corrected chi connectivity index (χ3v) is 8.30. The summed E-state index contributed by atoms with van der Waals surface area (Å²) in [6, 6.07) is 5.63.